The maximum absolute atomic E-state index is 13.3. The number of carbonyl (C=O) groups is 7. The van der Waals surface area contributed by atoms with E-state index in [1.165, 1.54) is 0 Å². The van der Waals surface area contributed by atoms with Crippen molar-refractivity contribution in [3.8, 4) is 0 Å². The minimum atomic E-state index is -1.43. The molecule has 14 nitrogen and oxygen atoms in total. The van der Waals surface area contributed by atoms with E-state index in [0.29, 0.717) is 14.9 Å². The second kappa shape index (κ2) is 11.5. The highest BCUT2D eigenvalue weighted by Gasteiger charge is 2.37. The first kappa shape index (κ1) is 30.2. The third kappa shape index (κ3) is 8.50. The highest BCUT2D eigenvalue weighted by molar-refractivity contribution is 6.14. The molecule has 0 radical (unpaired) electrons. The number of hydrogen-bond donors (Lipinski definition) is 1. The summed E-state index contributed by atoms with van der Waals surface area (Å²) < 4.78 is 10.5. The number of aliphatic hydroxyl groups is 1. The lowest BCUT2D eigenvalue weighted by Crippen LogP contribution is -2.59. The summed E-state index contributed by atoms with van der Waals surface area (Å²) in [6.07, 6.45) is 2.64. The Kier molecular flexibility index (Phi) is 9.16. The minimum Gasteiger partial charge on any atom is -0.459 e. The number of rotatable bonds is 8. The summed E-state index contributed by atoms with van der Waals surface area (Å²) in [7, 11) is 0. The number of aliphatic hydroxyl groups excluding tert-OH is 1. The maximum Gasteiger partial charge on any atom is 0.328 e. The van der Waals surface area contributed by atoms with Gasteiger partial charge in [-0.05, 0) is 47.6 Å². The number of carbonyl (C=O) groups excluding carboxylic acids is 7. The normalized spacial score (nSPS) is 17.2. The number of nitrogens with zero attached hydrogens (tertiary/aromatic N) is 4. The highest BCUT2D eigenvalue weighted by Crippen LogP contribution is 2.15. The Morgan fingerprint density at radius 2 is 1.18 bits per heavy atom. The first-order chi connectivity index (χ1) is 17.4. The molecule has 0 aliphatic carbocycles. The van der Waals surface area contributed by atoms with Gasteiger partial charge in [-0.2, -0.15) is 0 Å². The first-order valence-electron chi connectivity index (χ1n) is 11.6. The predicted molar refractivity (Wildman–Crippen MR) is 128 cm³/mol. The van der Waals surface area contributed by atoms with Crippen molar-refractivity contribution in [3.63, 3.8) is 0 Å². The zero-order valence-electron chi connectivity index (χ0n) is 22.1. The predicted octanol–water partition coefficient (Wildman–Crippen LogP) is -1.12. The van der Waals surface area contributed by atoms with Crippen LogP contribution in [-0.2, 0) is 43.0 Å². The fourth-order valence-corrected chi connectivity index (χ4v) is 3.31. The van der Waals surface area contributed by atoms with Crippen LogP contribution >= 0.6 is 0 Å². The Balaban J connectivity index is 2.42. The molecule has 1 N–H and O–H groups in total. The van der Waals surface area contributed by atoms with Gasteiger partial charge in [0.1, 0.15) is 43.6 Å². The lowest BCUT2D eigenvalue weighted by molar-refractivity contribution is -0.182. The van der Waals surface area contributed by atoms with Crippen LogP contribution in [0.1, 0.15) is 41.5 Å². The fraction of sp³-hybridized carbons (Fsp3) is 0.542. The van der Waals surface area contributed by atoms with Crippen LogP contribution in [-0.4, -0.2) is 110 Å². The number of hydrogen-bond acceptors (Lipinski definition) is 10. The van der Waals surface area contributed by atoms with E-state index in [1.807, 2.05) is 0 Å². The van der Waals surface area contributed by atoms with Crippen LogP contribution in [0.3, 0.4) is 0 Å². The molecule has 0 fully saturated rings. The third-order valence-corrected chi connectivity index (χ3v) is 4.78. The summed E-state index contributed by atoms with van der Waals surface area (Å²) in [5, 5.41) is 11.1. The Morgan fingerprint density at radius 1 is 0.763 bits per heavy atom. The number of imide groups is 1. The molecule has 208 valence electrons. The molecule has 2 aliphatic heterocycles. The van der Waals surface area contributed by atoms with Crippen molar-refractivity contribution < 1.29 is 48.1 Å². The molecule has 1 unspecified atom stereocenters. The van der Waals surface area contributed by atoms with Gasteiger partial charge < -0.3 is 19.5 Å². The second-order valence-corrected chi connectivity index (χ2v) is 10.4. The molecule has 0 bridgehead atoms. The molecule has 2 rings (SSSR count). The van der Waals surface area contributed by atoms with Crippen LogP contribution in [0.25, 0.3) is 0 Å². The number of amides is 5. The highest BCUT2D eigenvalue weighted by atomic mass is 16.6. The minimum absolute atomic E-state index is 0.555. The Labute approximate surface area is 219 Å². The van der Waals surface area contributed by atoms with Gasteiger partial charge in [0.25, 0.3) is 23.6 Å². The van der Waals surface area contributed by atoms with Gasteiger partial charge in [-0.3, -0.25) is 38.5 Å². The zero-order valence-corrected chi connectivity index (χ0v) is 22.1. The van der Waals surface area contributed by atoms with E-state index in [0.717, 1.165) is 29.2 Å². The van der Waals surface area contributed by atoms with E-state index in [2.05, 4.69) is 0 Å². The molecule has 14 heteroatoms. The van der Waals surface area contributed by atoms with Gasteiger partial charge in [0.2, 0.25) is 5.91 Å². The molecule has 2 aliphatic rings. The van der Waals surface area contributed by atoms with Crippen molar-refractivity contribution in [2.75, 3.05) is 26.2 Å². The summed E-state index contributed by atoms with van der Waals surface area (Å²) in [6.45, 7) is 6.02. The second-order valence-electron chi connectivity index (χ2n) is 10.4. The molecule has 5 amide bonds. The third-order valence-electron chi connectivity index (χ3n) is 4.78. The molecule has 0 spiro atoms. The molecular formula is C24H32N4O10. The number of ether oxygens (including phenoxy) is 2. The van der Waals surface area contributed by atoms with E-state index in [-0.39, 0.29) is 0 Å². The average molecular weight is 537 g/mol. The van der Waals surface area contributed by atoms with Crippen molar-refractivity contribution in [1.82, 2.24) is 19.8 Å². The molecule has 0 aromatic carbocycles. The lowest BCUT2D eigenvalue weighted by Gasteiger charge is -2.36. The number of esters is 2. The summed E-state index contributed by atoms with van der Waals surface area (Å²) in [5.41, 5.74) is -1.95. The number of hydrazine groups is 1. The van der Waals surface area contributed by atoms with Crippen LogP contribution < -0.4 is 0 Å². The lowest BCUT2D eigenvalue weighted by atomic mass is 10.2. The monoisotopic (exact) mass is 536 g/mol. The average Bonchev–Trinajstić information content (AvgIpc) is 3.23. The summed E-state index contributed by atoms with van der Waals surface area (Å²) in [5.74, 6) is -6.33. The summed E-state index contributed by atoms with van der Waals surface area (Å²) >= 11 is 0. The molecule has 38 heavy (non-hydrogen) atoms. The van der Waals surface area contributed by atoms with E-state index >= 15 is 0 Å². The van der Waals surface area contributed by atoms with Crippen LogP contribution in [0.5, 0.6) is 0 Å². The quantitative estimate of drug-likeness (QED) is 0.228. The summed E-state index contributed by atoms with van der Waals surface area (Å²) in [4.78, 5) is 89.5. The van der Waals surface area contributed by atoms with Gasteiger partial charge in [-0.1, -0.05) is 0 Å². The molecular weight excluding hydrogens is 504 g/mol. The first-order valence-corrected chi connectivity index (χ1v) is 11.6. The van der Waals surface area contributed by atoms with E-state index in [9.17, 15) is 38.7 Å². The fourth-order valence-electron chi connectivity index (χ4n) is 3.31. The molecule has 2 heterocycles. The smallest absolute Gasteiger partial charge is 0.328 e. The van der Waals surface area contributed by atoms with E-state index < -0.39 is 85.1 Å². The molecule has 0 aromatic rings. The largest absolute Gasteiger partial charge is 0.459 e. The van der Waals surface area contributed by atoms with Crippen LogP contribution in [0.4, 0.5) is 0 Å². The Morgan fingerprint density at radius 3 is 1.55 bits per heavy atom. The standard InChI is InChI=1S/C24H32N4O10/c1-23(2,3)37-21(35)13-27(19(33)11-25-15(29)7-8-16(25)30)28(14-22(36)38-24(4,5)6)20(34)12-26-17(31)9-10-18(26)32/h7-10,15,29H,11-14H2,1-6H3. The Hall–Kier alpha value is -4.07. The van der Waals surface area contributed by atoms with Crippen LogP contribution in [0, 0.1) is 0 Å². The Bertz CT molecular complexity index is 1060. The van der Waals surface area contributed by atoms with E-state index in [1.54, 1.807) is 41.5 Å². The van der Waals surface area contributed by atoms with Crippen molar-refractivity contribution in [2.45, 2.75) is 59.0 Å². The van der Waals surface area contributed by atoms with Gasteiger partial charge in [0.15, 0.2) is 0 Å². The van der Waals surface area contributed by atoms with Crippen LogP contribution in [0.15, 0.2) is 24.3 Å². The van der Waals surface area contributed by atoms with Gasteiger partial charge in [-0.15, -0.1) is 0 Å². The van der Waals surface area contributed by atoms with Gasteiger partial charge >= 0.3 is 11.9 Å². The van der Waals surface area contributed by atoms with Crippen molar-refractivity contribution >= 4 is 41.5 Å². The molecule has 1 atom stereocenters. The van der Waals surface area contributed by atoms with Crippen LogP contribution in [0.2, 0.25) is 0 Å². The maximum atomic E-state index is 13.3. The zero-order chi connectivity index (χ0) is 29.0. The molecule has 0 aromatic heterocycles. The van der Waals surface area contributed by atoms with E-state index in [4.69, 9.17) is 9.47 Å². The van der Waals surface area contributed by atoms with Gasteiger partial charge in [0.05, 0.1) is 0 Å². The molecule has 0 saturated heterocycles. The van der Waals surface area contributed by atoms with Crippen molar-refractivity contribution in [2.24, 2.45) is 0 Å². The van der Waals surface area contributed by atoms with Crippen molar-refractivity contribution in [3.05, 3.63) is 24.3 Å². The van der Waals surface area contributed by atoms with Gasteiger partial charge in [0, 0.05) is 18.2 Å². The summed E-state index contributed by atoms with van der Waals surface area (Å²) in [6, 6.07) is 0. The SMILES string of the molecule is CC(C)(C)OC(=O)CN(C(=O)CN1C(=O)C=CC1=O)N(CC(=O)OC(C)(C)C)C(=O)CN1C(=O)C=CC1O. The van der Waals surface area contributed by atoms with Crippen molar-refractivity contribution in [1.29, 1.82) is 0 Å². The molecule has 0 saturated carbocycles. The van der Waals surface area contributed by atoms with Gasteiger partial charge in [-0.25, -0.2) is 10.0 Å². The topological polar surface area (TPSA) is 171 Å².